The van der Waals surface area contributed by atoms with Gasteiger partial charge in [0, 0.05) is 43.8 Å². The van der Waals surface area contributed by atoms with Gasteiger partial charge < -0.3 is 35.5 Å². The van der Waals surface area contributed by atoms with Gasteiger partial charge in [0.05, 0.1) is 25.6 Å². The molecule has 1 aromatic rings. The number of nitrogens with zero attached hydrogens (tertiary/aromatic N) is 2. The third kappa shape index (κ3) is 6.40. The molecule has 0 aliphatic carbocycles. The standard InChI is InChI=1S/C25H39N5O3/c1-19-14-21(27-17-20-6-12-32-13-7-20)16-25(26,29-19)24-15-22(23(31-2)18-28-24)33-11-5-10-30-8-3-4-9-30/h14-16,18,20,27,29H,3-13,17,26H2,1-2H3. The summed E-state index contributed by atoms with van der Waals surface area (Å²) in [5.74, 6) is 1.91. The van der Waals surface area contributed by atoms with Crippen molar-refractivity contribution in [2.24, 2.45) is 11.7 Å². The van der Waals surface area contributed by atoms with E-state index in [9.17, 15) is 0 Å². The van der Waals surface area contributed by atoms with E-state index in [1.54, 1.807) is 13.3 Å². The van der Waals surface area contributed by atoms with Gasteiger partial charge in [-0.1, -0.05) is 0 Å². The van der Waals surface area contributed by atoms with Crippen molar-refractivity contribution in [1.29, 1.82) is 0 Å². The molecule has 0 bridgehead atoms. The summed E-state index contributed by atoms with van der Waals surface area (Å²) in [5, 5.41) is 6.96. The zero-order chi connectivity index (χ0) is 23.1. The smallest absolute Gasteiger partial charge is 0.179 e. The van der Waals surface area contributed by atoms with Crippen molar-refractivity contribution >= 4 is 0 Å². The number of aromatic nitrogens is 1. The second-order valence-corrected chi connectivity index (χ2v) is 9.33. The van der Waals surface area contributed by atoms with Gasteiger partial charge >= 0.3 is 0 Å². The Morgan fingerprint density at radius 2 is 2.06 bits per heavy atom. The third-order valence-corrected chi connectivity index (χ3v) is 6.65. The molecule has 4 heterocycles. The van der Waals surface area contributed by atoms with Crippen LogP contribution in [0, 0.1) is 5.92 Å². The van der Waals surface area contributed by atoms with E-state index in [1.807, 2.05) is 19.1 Å². The van der Waals surface area contributed by atoms with Crippen LogP contribution >= 0.6 is 0 Å². The van der Waals surface area contributed by atoms with Crippen LogP contribution in [0.1, 0.15) is 44.7 Å². The Morgan fingerprint density at radius 1 is 1.27 bits per heavy atom. The Kier molecular flexibility index (Phi) is 8.11. The number of nitrogens with two attached hydrogens (primary N) is 1. The Hall–Kier alpha value is -2.29. The fraction of sp³-hybridized carbons (Fsp3) is 0.640. The van der Waals surface area contributed by atoms with E-state index >= 15 is 0 Å². The number of hydrogen-bond acceptors (Lipinski definition) is 8. The lowest BCUT2D eigenvalue weighted by molar-refractivity contribution is 0.0670. The Morgan fingerprint density at radius 3 is 2.82 bits per heavy atom. The SMILES string of the molecule is COc1cnc(C2(N)C=C(NCC3CCOCC3)C=C(C)N2)cc1OCCCN1CCCC1. The van der Waals surface area contributed by atoms with Crippen LogP contribution in [-0.2, 0) is 10.4 Å². The highest BCUT2D eigenvalue weighted by molar-refractivity contribution is 5.44. The first-order valence-corrected chi connectivity index (χ1v) is 12.3. The quantitative estimate of drug-likeness (QED) is 0.462. The van der Waals surface area contributed by atoms with Gasteiger partial charge in [0.1, 0.15) is 0 Å². The van der Waals surface area contributed by atoms with Crippen LogP contribution in [0.15, 0.2) is 35.8 Å². The van der Waals surface area contributed by atoms with Crippen LogP contribution in [0.3, 0.4) is 0 Å². The lowest BCUT2D eigenvalue weighted by atomic mass is 9.98. The zero-order valence-corrected chi connectivity index (χ0v) is 20.1. The predicted octanol–water partition coefficient (Wildman–Crippen LogP) is 2.47. The minimum Gasteiger partial charge on any atom is -0.491 e. The minimum atomic E-state index is -0.934. The molecule has 1 unspecified atom stereocenters. The van der Waals surface area contributed by atoms with Crippen molar-refractivity contribution in [2.45, 2.75) is 44.7 Å². The maximum atomic E-state index is 6.81. The zero-order valence-electron chi connectivity index (χ0n) is 20.1. The minimum absolute atomic E-state index is 0.619. The average Bonchev–Trinajstić information content (AvgIpc) is 3.34. The molecule has 1 aromatic heterocycles. The number of pyridine rings is 1. The fourth-order valence-corrected chi connectivity index (χ4v) is 4.76. The van der Waals surface area contributed by atoms with Gasteiger partial charge in [-0.3, -0.25) is 4.98 Å². The fourth-order valence-electron chi connectivity index (χ4n) is 4.76. The second-order valence-electron chi connectivity index (χ2n) is 9.33. The number of rotatable bonds is 10. The lowest BCUT2D eigenvalue weighted by Crippen LogP contribution is -2.51. The molecule has 3 aliphatic rings. The highest BCUT2D eigenvalue weighted by atomic mass is 16.5. The number of allylic oxidation sites excluding steroid dienone is 2. The normalized spacial score (nSPS) is 24.1. The van der Waals surface area contributed by atoms with Crippen molar-refractivity contribution in [3.05, 3.63) is 41.5 Å². The highest BCUT2D eigenvalue weighted by Crippen LogP contribution is 2.31. The average molecular weight is 458 g/mol. The molecule has 182 valence electrons. The van der Waals surface area contributed by atoms with Gasteiger partial charge in [0.2, 0.25) is 0 Å². The van der Waals surface area contributed by atoms with Crippen LogP contribution in [0.5, 0.6) is 11.5 Å². The summed E-state index contributed by atoms with van der Waals surface area (Å²) in [7, 11) is 1.63. The van der Waals surface area contributed by atoms with Crippen LogP contribution in [0.4, 0.5) is 0 Å². The summed E-state index contributed by atoms with van der Waals surface area (Å²) < 4.78 is 17.1. The van der Waals surface area contributed by atoms with Crippen molar-refractivity contribution in [3.8, 4) is 11.5 Å². The molecule has 2 saturated heterocycles. The molecule has 2 fully saturated rings. The number of hydrogen-bond donors (Lipinski definition) is 3. The van der Waals surface area contributed by atoms with Crippen molar-refractivity contribution in [1.82, 2.24) is 20.5 Å². The van der Waals surface area contributed by atoms with Gasteiger partial charge in [0.15, 0.2) is 17.2 Å². The molecule has 1 atom stereocenters. The summed E-state index contributed by atoms with van der Waals surface area (Å²) >= 11 is 0. The molecule has 0 amide bonds. The van der Waals surface area contributed by atoms with E-state index < -0.39 is 5.66 Å². The van der Waals surface area contributed by atoms with Gasteiger partial charge in [-0.05, 0) is 70.2 Å². The molecule has 0 saturated carbocycles. The number of nitrogens with one attached hydrogen (secondary N) is 2. The van der Waals surface area contributed by atoms with Gasteiger partial charge in [-0.15, -0.1) is 0 Å². The monoisotopic (exact) mass is 457 g/mol. The number of likely N-dealkylation sites (tertiary alicyclic amines) is 1. The molecule has 4 rings (SSSR count). The number of methoxy groups -OCH3 is 1. The van der Waals surface area contributed by atoms with Crippen LogP contribution in [0.2, 0.25) is 0 Å². The summed E-state index contributed by atoms with van der Waals surface area (Å²) in [4.78, 5) is 7.09. The molecule has 0 radical (unpaired) electrons. The van der Waals surface area contributed by atoms with E-state index in [0.717, 1.165) is 57.0 Å². The van der Waals surface area contributed by atoms with Crippen LogP contribution in [-0.4, -0.2) is 63.0 Å². The Bertz CT molecular complexity index is 846. The molecule has 4 N–H and O–H groups in total. The molecular formula is C25H39N5O3. The summed E-state index contributed by atoms with van der Waals surface area (Å²) in [6.45, 7) is 8.73. The van der Waals surface area contributed by atoms with Gasteiger partial charge in [-0.2, -0.15) is 0 Å². The number of dihydropyridines is 1. The van der Waals surface area contributed by atoms with Crippen LogP contribution < -0.4 is 25.8 Å². The molecule has 33 heavy (non-hydrogen) atoms. The van der Waals surface area contributed by atoms with Crippen LogP contribution in [0.25, 0.3) is 0 Å². The first-order chi connectivity index (χ1) is 16.1. The maximum absolute atomic E-state index is 6.81. The van der Waals surface area contributed by atoms with E-state index in [1.165, 1.54) is 25.9 Å². The summed E-state index contributed by atoms with van der Waals surface area (Å²) in [6.07, 6.45) is 11.6. The van der Waals surface area contributed by atoms with E-state index in [4.69, 9.17) is 19.9 Å². The second kappa shape index (κ2) is 11.2. The topological polar surface area (TPSA) is 93.9 Å². The van der Waals surface area contributed by atoms with Gasteiger partial charge in [0.25, 0.3) is 0 Å². The first kappa shape index (κ1) is 23.9. The number of ether oxygens (including phenoxy) is 3. The maximum Gasteiger partial charge on any atom is 0.179 e. The third-order valence-electron chi connectivity index (χ3n) is 6.65. The Labute approximate surface area is 197 Å². The van der Waals surface area contributed by atoms with Crippen molar-refractivity contribution in [3.63, 3.8) is 0 Å². The van der Waals surface area contributed by atoms with E-state index in [-0.39, 0.29) is 0 Å². The largest absolute Gasteiger partial charge is 0.491 e. The molecule has 0 spiro atoms. The summed E-state index contributed by atoms with van der Waals surface area (Å²) in [5.41, 5.74) is 8.56. The Balaban J connectivity index is 1.42. The molecule has 3 aliphatic heterocycles. The molecular weight excluding hydrogens is 418 g/mol. The highest BCUT2D eigenvalue weighted by Gasteiger charge is 2.31. The molecule has 8 heteroatoms. The van der Waals surface area contributed by atoms with E-state index in [0.29, 0.717) is 29.7 Å². The van der Waals surface area contributed by atoms with E-state index in [2.05, 4.69) is 26.6 Å². The summed E-state index contributed by atoms with van der Waals surface area (Å²) in [6, 6.07) is 1.90. The molecule has 0 aromatic carbocycles. The molecule has 8 nitrogen and oxygen atoms in total. The van der Waals surface area contributed by atoms with Crippen molar-refractivity contribution < 1.29 is 14.2 Å². The van der Waals surface area contributed by atoms with Crippen molar-refractivity contribution in [2.75, 3.05) is 53.1 Å². The van der Waals surface area contributed by atoms with Gasteiger partial charge in [-0.25, -0.2) is 0 Å². The predicted molar refractivity (Wildman–Crippen MR) is 129 cm³/mol. The lowest BCUT2D eigenvalue weighted by Gasteiger charge is -2.33. The first-order valence-electron chi connectivity index (χ1n) is 12.3.